The molecule has 1 N–H and O–H groups in total. The summed E-state index contributed by atoms with van der Waals surface area (Å²) in [4.78, 5) is 0. The van der Waals surface area contributed by atoms with E-state index in [-0.39, 0.29) is 0 Å². The predicted octanol–water partition coefficient (Wildman–Crippen LogP) is 2.89. The lowest BCUT2D eigenvalue weighted by molar-refractivity contribution is 0.570. The number of hydrogen-bond donors (Lipinski definition) is 1. The number of aryl methyl sites for hydroxylation is 2. The van der Waals surface area contributed by atoms with Crippen LogP contribution >= 0.6 is 0 Å². The molecule has 1 heterocycles. The fourth-order valence-electron chi connectivity index (χ4n) is 2.14. The van der Waals surface area contributed by atoms with Crippen LogP contribution < -0.4 is 5.32 Å². The topological polar surface area (TPSA) is 29.9 Å². The van der Waals surface area contributed by atoms with E-state index >= 15 is 0 Å². The Labute approximate surface area is 109 Å². The van der Waals surface area contributed by atoms with Crippen molar-refractivity contribution in [3.05, 3.63) is 52.8 Å². The van der Waals surface area contributed by atoms with E-state index in [0.717, 1.165) is 6.54 Å². The summed E-state index contributed by atoms with van der Waals surface area (Å²) < 4.78 is 1.92. The van der Waals surface area contributed by atoms with E-state index < -0.39 is 0 Å². The minimum absolute atomic E-state index is 0.319. The van der Waals surface area contributed by atoms with Gasteiger partial charge >= 0.3 is 0 Å². The third-order valence-corrected chi connectivity index (χ3v) is 3.43. The zero-order chi connectivity index (χ0) is 13.1. The third kappa shape index (κ3) is 2.79. The quantitative estimate of drug-likeness (QED) is 0.895. The number of nitrogens with zero attached hydrogens (tertiary/aromatic N) is 2. The Balaban J connectivity index is 2.00. The Bertz CT molecular complexity index is 528. The molecule has 2 aromatic rings. The predicted molar refractivity (Wildman–Crippen MR) is 74.4 cm³/mol. The molecular formula is C15H21N3. The van der Waals surface area contributed by atoms with Gasteiger partial charge in [-0.15, -0.1) is 0 Å². The van der Waals surface area contributed by atoms with Gasteiger partial charge in [0.2, 0.25) is 0 Å². The second-order valence-corrected chi connectivity index (χ2v) is 4.90. The van der Waals surface area contributed by atoms with Gasteiger partial charge in [-0.05, 0) is 26.3 Å². The molecule has 0 bridgehead atoms. The van der Waals surface area contributed by atoms with Crippen molar-refractivity contribution in [2.75, 3.05) is 0 Å². The Kier molecular flexibility index (Phi) is 3.82. The van der Waals surface area contributed by atoms with Crippen LogP contribution in [-0.4, -0.2) is 9.78 Å². The van der Waals surface area contributed by atoms with Gasteiger partial charge in [0.05, 0.1) is 6.20 Å². The first kappa shape index (κ1) is 12.8. The molecule has 18 heavy (non-hydrogen) atoms. The molecule has 1 aromatic carbocycles. The molecule has 0 aliphatic heterocycles. The molecule has 0 spiro atoms. The summed E-state index contributed by atoms with van der Waals surface area (Å²) >= 11 is 0. The fraction of sp³-hybridized carbons (Fsp3) is 0.400. The van der Waals surface area contributed by atoms with Crippen LogP contribution in [-0.2, 0) is 13.6 Å². The maximum Gasteiger partial charge on any atom is 0.0540 e. The van der Waals surface area contributed by atoms with Crippen molar-refractivity contribution in [3.8, 4) is 0 Å². The van der Waals surface area contributed by atoms with Crippen LogP contribution in [0.1, 0.15) is 35.3 Å². The van der Waals surface area contributed by atoms with Crippen molar-refractivity contribution < 1.29 is 0 Å². The van der Waals surface area contributed by atoms with E-state index in [1.54, 1.807) is 0 Å². The zero-order valence-corrected chi connectivity index (χ0v) is 11.6. The van der Waals surface area contributed by atoms with Gasteiger partial charge in [0.15, 0.2) is 0 Å². The van der Waals surface area contributed by atoms with Crippen LogP contribution in [0.5, 0.6) is 0 Å². The molecule has 0 aliphatic carbocycles. The number of benzene rings is 1. The van der Waals surface area contributed by atoms with Crippen LogP contribution in [0.4, 0.5) is 0 Å². The van der Waals surface area contributed by atoms with E-state index in [9.17, 15) is 0 Å². The van der Waals surface area contributed by atoms with Crippen molar-refractivity contribution in [3.63, 3.8) is 0 Å². The fourth-order valence-corrected chi connectivity index (χ4v) is 2.14. The van der Waals surface area contributed by atoms with Crippen molar-refractivity contribution in [2.24, 2.45) is 7.05 Å². The SMILES string of the molecule is Cc1cccc(CNC(C)c2cnn(C)c2C)c1. The highest BCUT2D eigenvalue weighted by molar-refractivity contribution is 5.23. The zero-order valence-electron chi connectivity index (χ0n) is 11.6. The third-order valence-electron chi connectivity index (χ3n) is 3.43. The molecule has 0 aliphatic rings. The van der Waals surface area contributed by atoms with Crippen LogP contribution in [0, 0.1) is 13.8 Å². The Morgan fingerprint density at radius 3 is 2.72 bits per heavy atom. The molecule has 2 rings (SSSR count). The maximum absolute atomic E-state index is 4.28. The Morgan fingerprint density at radius 2 is 2.11 bits per heavy atom. The lowest BCUT2D eigenvalue weighted by Crippen LogP contribution is -2.18. The highest BCUT2D eigenvalue weighted by atomic mass is 15.3. The highest BCUT2D eigenvalue weighted by Gasteiger charge is 2.11. The first-order chi connectivity index (χ1) is 8.58. The van der Waals surface area contributed by atoms with Gasteiger partial charge in [-0.2, -0.15) is 5.10 Å². The second kappa shape index (κ2) is 5.36. The molecule has 0 fully saturated rings. The average molecular weight is 243 g/mol. The van der Waals surface area contributed by atoms with E-state index in [2.05, 4.69) is 55.5 Å². The monoisotopic (exact) mass is 243 g/mol. The van der Waals surface area contributed by atoms with E-state index in [0.29, 0.717) is 6.04 Å². The molecule has 0 saturated carbocycles. The second-order valence-electron chi connectivity index (χ2n) is 4.90. The van der Waals surface area contributed by atoms with Gasteiger partial charge in [-0.25, -0.2) is 0 Å². The maximum atomic E-state index is 4.28. The van der Waals surface area contributed by atoms with Crippen LogP contribution in [0.3, 0.4) is 0 Å². The molecular weight excluding hydrogens is 222 g/mol. The van der Waals surface area contributed by atoms with Crippen LogP contribution in [0.25, 0.3) is 0 Å². The summed E-state index contributed by atoms with van der Waals surface area (Å²) in [5.74, 6) is 0. The summed E-state index contributed by atoms with van der Waals surface area (Å²) in [5.41, 5.74) is 5.12. The van der Waals surface area contributed by atoms with E-state index in [1.807, 2.05) is 17.9 Å². The lowest BCUT2D eigenvalue weighted by Gasteiger charge is -2.14. The van der Waals surface area contributed by atoms with Crippen LogP contribution in [0.15, 0.2) is 30.5 Å². The van der Waals surface area contributed by atoms with E-state index in [4.69, 9.17) is 0 Å². The molecule has 0 saturated heterocycles. The average Bonchev–Trinajstić information content (AvgIpc) is 2.67. The first-order valence-electron chi connectivity index (χ1n) is 6.35. The molecule has 1 atom stereocenters. The summed E-state index contributed by atoms with van der Waals surface area (Å²) in [6.45, 7) is 7.29. The standard InChI is InChI=1S/C15H21N3/c1-11-6-5-7-14(8-11)9-16-12(2)15-10-17-18(4)13(15)3/h5-8,10,12,16H,9H2,1-4H3. The summed E-state index contributed by atoms with van der Waals surface area (Å²) in [6, 6.07) is 8.92. The van der Waals surface area contributed by atoms with Crippen molar-refractivity contribution >= 4 is 0 Å². The van der Waals surface area contributed by atoms with Crippen molar-refractivity contribution in [1.82, 2.24) is 15.1 Å². The summed E-state index contributed by atoms with van der Waals surface area (Å²) in [6.07, 6.45) is 1.95. The van der Waals surface area contributed by atoms with Gasteiger partial charge in [0.1, 0.15) is 0 Å². The van der Waals surface area contributed by atoms with Crippen molar-refractivity contribution in [2.45, 2.75) is 33.4 Å². The van der Waals surface area contributed by atoms with Gasteiger partial charge in [0.25, 0.3) is 0 Å². The molecule has 0 radical (unpaired) electrons. The molecule has 0 amide bonds. The minimum atomic E-state index is 0.319. The summed E-state index contributed by atoms with van der Waals surface area (Å²) in [5, 5.41) is 7.83. The van der Waals surface area contributed by atoms with Gasteiger partial charge in [-0.1, -0.05) is 29.8 Å². The van der Waals surface area contributed by atoms with Crippen LogP contribution in [0.2, 0.25) is 0 Å². The highest BCUT2D eigenvalue weighted by Crippen LogP contribution is 2.16. The molecule has 96 valence electrons. The van der Waals surface area contributed by atoms with E-state index in [1.165, 1.54) is 22.4 Å². The Morgan fingerprint density at radius 1 is 1.33 bits per heavy atom. The Hall–Kier alpha value is -1.61. The minimum Gasteiger partial charge on any atom is -0.306 e. The largest absolute Gasteiger partial charge is 0.306 e. The number of hydrogen-bond acceptors (Lipinski definition) is 2. The normalized spacial score (nSPS) is 12.7. The number of nitrogens with one attached hydrogen (secondary N) is 1. The molecule has 1 unspecified atom stereocenters. The molecule has 1 aromatic heterocycles. The smallest absolute Gasteiger partial charge is 0.0540 e. The number of rotatable bonds is 4. The molecule has 3 heteroatoms. The first-order valence-corrected chi connectivity index (χ1v) is 6.35. The summed E-state index contributed by atoms with van der Waals surface area (Å²) in [7, 11) is 1.98. The van der Waals surface area contributed by atoms with Gasteiger partial charge in [0, 0.05) is 30.9 Å². The molecule has 3 nitrogen and oxygen atoms in total. The van der Waals surface area contributed by atoms with Gasteiger partial charge < -0.3 is 5.32 Å². The van der Waals surface area contributed by atoms with Crippen molar-refractivity contribution in [1.29, 1.82) is 0 Å². The number of aromatic nitrogens is 2. The van der Waals surface area contributed by atoms with Gasteiger partial charge in [-0.3, -0.25) is 4.68 Å². The lowest BCUT2D eigenvalue weighted by atomic mass is 10.1.